The summed E-state index contributed by atoms with van der Waals surface area (Å²) in [5, 5.41) is 0. The van der Waals surface area contributed by atoms with Crippen molar-refractivity contribution < 1.29 is 16.6 Å². The van der Waals surface area contributed by atoms with Gasteiger partial charge in [0.05, 0.1) is 0 Å². The van der Waals surface area contributed by atoms with Crippen LogP contribution < -0.4 is 4.74 Å². The van der Waals surface area contributed by atoms with Gasteiger partial charge in [0.1, 0.15) is 0 Å². The molecule has 21 heavy (non-hydrogen) atoms. The first kappa shape index (κ1) is 16.6. The van der Waals surface area contributed by atoms with Crippen molar-refractivity contribution in [2.45, 2.75) is 20.0 Å². The number of ether oxygens (including phenoxy) is 1. The standard InChI is InChI=1S/C10H12O.C7H6.2ClH.Ru/c1-8(2)11-10-7-5-4-6-9(10)3;1-7-5-3-2-4-6-7;;;/h3-8H,1-2H3;1-6H;2*1H;/q;;;;+2/p-2. The predicted octanol–water partition coefficient (Wildman–Crippen LogP) is 4.94. The zero-order valence-corrected chi connectivity index (χ0v) is 15.2. The summed E-state index contributed by atoms with van der Waals surface area (Å²) >= 11 is -3.00. The van der Waals surface area contributed by atoms with Crippen molar-refractivity contribution in [3.8, 4) is 5.75 Å². The van der Waals surface area contributed by atoms with Gasteiger partial charge in [-0.3, -0.25) is 0 Å². The molecule has 0 saturated heterocycles. The normalized spacial score (nSPS) is 12.0. The summed E-state index contributed by atoms with van der Waals surface area (Å²) in [4.78, 5) is 0. The molecule has 0 aromatic heterocycles. The summed E-state index contributed by atoms with van der Waals surface area (Å²) < 4.78 is 9.75. The van der Waals surface area contributed by atoms with Crippen LogP contribution in [-0.2, 0) is 11.9 Å². The third-order valence-corrected chi connectivity index (χ3v) is 6.86. The summed E-state index contributed by atoms with van der Waals surface area (Å²) in [5.41, 5.74) is 2.00. The third kappa shape index (κ3) is 5.47. The quantitative estimate of drug-likeness (QED) is 0.650. The molecule has 0 aliphatic rings. The first-order valence-corrected chi connectivity index (χ1v) is 13.1. The van der Waals surface area contributed by atoms with E-state index in [9.17, 15) is 0 Å². The monoisotopic (exact) mass is 410 g/mol. The van der Waals surface area contributed by atoms with Crippen LogP contribution >= 0.6 is 19.4 Å². The maximum absolute atomic E-state index is 6.58. The van der Waals surface area contributed by atoms with Gasteiger partial charge < -0.3 is 0 Å². The van der Waals surface area contributed by atoms with Gasteiger partial charge in [-0.1, -0.05) is 0 Å². The van der Waals surface area contributed by atoms with Crippen LogP contribution in [0, 0.1) is 0 Å². The first-order chi connectivity index (χ1) is 9.96. The Labute approximate surface area is 136 Å². The van der Waals surface area contributed by atoms with Crippen LogP contribution in [0.2, 0.25) is 0 Å². The molecule has 0 atom stereocenters. The molecule has 2 aromatic carbocycles. The van der Waals surface area contributed by atoms with E-state index in [4.69, 9.17) is 24.1 Å². The molecule has 0 fully saturated rings. The van der Waals surface area contributed by atoms with Gasteiger partial charge in [-0.15, -0.1) is 0 Å². The van der Waals surface area contributed by atoms with Gasteiger partial charge in [-0.05, 0) is 0 Å². The molecule has 2 rings (SSSR count). The molecule has 4 heteroatoms. The van der Waals surface area contributed by atoms with E-state index < -0.39 is 11.9 Å². The molecule has 1 nitrogen and oxygen atoms in total. The predicted molar refractivity (Wildman–Crippen MR) is 90.7 cm³/mol. The number of halogens is 2. The third-order valence-electron chi connectivity index (χ3n) is 2.58. The number of rotatable bonds is 4. The summed E-state index contributed by atoms with van der Waals surface area (Å²) in [6.45, 7) is 4.00. The molecule has 114 valence electrons. The second-order valence-corrected chi connectivity index (χ2v) is 14.2. The maximum atomic E-state index is 6.58. The van der Waals surface area contributed by atoms with Crippen molar-refractivity contribution in [1.82, 2.24) is 0 Å². The minimum atomic E-state index is -3.00. The Balaban J connectivity index is 2.45. The van der Waals surface area contributed by atoms with Crippen molar-refractivity contribution in [3.63, 3.8) is 0 Å². The van der Waals surface area contributed by atoms with Crippen LogP contribution in [0.25, 0.3) is 0 Å². The first-order valence-electron chi connectivity index (χ1n) is 6.59. The Morgan fingerprint density at radius 1 is 0.905 bits per heavy atom. The van der Waals surface area contributed by atoms with Crippen molar-refractivity contribution >= 4 is 28.6 Å². The molecule has 0 spiro atoms. The Morgan fingerprint density at radius 3 is 2.19 bits per heavy atom. The van der Waals surface area contributed by atoms with Crippen LogP contribution in [0.5, 0.6) is 5.75 Å². The molecule has 2 aromatic rings. The van der Waals surface area contributed by atoms with Gasteiger partial charge in [0.15, 0.2) is 0 Å². The fourth-order valence-electron chi connectivity index (χ4n) is 1.78. The molecule has 0 saturated carbocycles. The molecule has 0 radical (unpaired) electrons. The van der Waals surface area contributed by atoms with Crippen LogP contribution in [0.4, 0.5) is 0 Å². The molecule has 0 heterocycles. The number of hydrogen-bond acceptors (Lipinski definition) is 1. The molecule has 0 N–H and O–H groups in total. The SMILES string of the molecule is CC(C)Oc1ccccc1[CH]=[Ru]([Cl])([Cl])=[CH]c1ccccc1. The molecule has 0 aliphatic carbocycles. The number of para-hydroxylation sites is 1. The van der Waals surface area contributed by atoms with E-state index >= 15 is 0 Å². The van der Waals surface area contributed by atoms with Crippen LogP contribution in [0.3, 0.4) is 0 Å². The van der Waals surface area contributed by atoms with Gasteiger partial charge in [-0.25, -0.2) is 0 Å². The molecular weight excluding hydrogens is 392 g/mol. The van der Waals surface area contributed by atoms with Gasteiger partial charge >= 0.3 is 137 Å². The second-order valence-electron chi connectivity index (χ2n) is 4.80. The van der Waals surface area contributed by atoms with Gasteiger partial charge in [-0.2, -0.15) is 0 Å². The molecule has 0 amide bonds. The molecule has 0 bridgehead atoms. The number of hydrogen-bond donors (Lipinski definition) is 0. The minimum absolute atomic E-state index is 0.114. The van der Waals surface area contributed by atoms with E-state index in [1.54, 1.807) is 0 Å². The Kier molecular flexibility index (Phi) is 5.87. The van der Waals surface area contributed by atoms with E-state index in [1.807, 2.05) is 77.7 Å². The van der Waals surface area contributed by atoms with E-state index in [0.29, 0.717) is 0 Å². The second kappa shape index (κ2) is 7.45. The van der Waals surface area contributed by atoms with Gasteiger partial charge in [0.25, 0.3) is 0 Å². The van der Waals surface area contributed by atoms with Crippen molar-refractivity contribution in [3.05, 3.63) is 65.7 Å². The summed E-state index contributed by atoms with van der Waals surface area (Å²) in [6, 6.07) is 17.8. The Hall–Kier alpha value is -0.817. The molecule has 0 unspecified atom stereocenters. The van der Waals surface area contributed by atoms with Crippen LogP contribution in [0.15, 0.2) is 54.6 Å². The zero-order chi connectivity index (χ0) is 15.3. The zero-order valence-electron chi connectivity index (χ0n) is 11.9. The summed E-state index contributed by atoms with van der Waals surface area (Å²) in [6.07, 6.45) is 0.114. The van der Waals surface area contributed by atoms with Crippen LogP contribution in [0.1, 0.15) is 25.0 Å². The van der Waals surface area contributed by atoms with Crippen molar-refractivity contribution in [2.24, 2.45) is 0 Å². The van der Waals surface area contributed by atoms with Gasteiger partial charge in [0, 0.05) is 0 Å². The fourth-order valence-corrected chi connectivity index (χ4v) is 6.20. The average molecular weight is 410 g/mol. The fraction of sp³-hybridized carbons (Fsp3) is 0.176. The Morgan fingerprint density at radius 2 is 1.52 bits per heavy atom. The number of benzene rings is 2. The van der Waals surface area contributed by atoms with E-state index in [2.05, 4.69) is 0 Å². The van der Waals surface area contributed by atoms with E-state index in [0.717, 1.165) is 16.9 Å². The van der Waals surface area contributed by atoms with Crippen molar-refractivity contribution in [1.29, 1.82) is 0 Å². The topological polar surface area (TPSA) is 9.23 Å². The van der Waals surface area contributed by atoms with Crippen molar-refractivity contribution in [2.75, 3.05) is 0 Å². The van der Waals surface area contributed by atoms with Gasteiger partial charge in [0.2, 0.25) is 0 Å². The summed E-state index contributed by atoms with van der Waals surface area (Å²) in [5.74, 6) is 0.820. The molecular formula is C17H18Cl2ORu. The average Bonchev–Trinajstić information content (AvgIpc) is 2.41. The summed E-state index contributed by atoms with van der Waals surface area (Å²) in [7, 11) is 13.2. The van der Waals surface area contributed by atoms with E-state index in [1.165, 1.54) is 0 Å². The molecule has 0 aliphatic heterocycles. The Bertz CT molecular complexity index is 707. The van der Waals surface area contributed by atoms with E-state index in [-0.39, 0.29) is 6.10 Å². The van der Waals surface area contributed by atoms with Crippen LogP contribution in [-0.4, -0.2) is 15.3 Å².